The Morgan fingerprint density at radius 2 is 2.29 bits per heavy atom. The van der Waals surface area contributed by atoms with Crippen LogP contribution in [0.1, 0.15) is 26.3 Å². The third-order valence-corrected chi connectivity index (χ3v) is 1.95. The average Bonchev–Trinajstić information content (AvgIpc) is 2.56. The second kappa shape index (κ2) is 4.97. The fraction of sp³-hybridized carbons (Fsp3) is 0.545. The van der Waals surface area contributed by atoms with Gasteiger partial charge in [0.2, 0.25) is 0 Å². The van der Waals surface area contributed by atoms with E-state index in [1.165, 1.54) is 10.9 Å². The van der Waals surface area contributed by atoms with Gasteiger partial charge < -0.3 is 10.1 Å². The molecule has 0 saturated heterocycles. The fourth-order valence-electron chi connectivity index (χ4n) is 1.12. The van der Waals surface area contributed by atoms with Crippen molar-refractivity contribution in [2.45, 2.75) is 26.4 Å². The number of hydrogen-bond acceptors (Lipinski definition) is 4. The summed E-state index contributed by atoms with van der Waals surface area (Å²) in [6.45, 7) is 5.54. The van der Waals surface area contributed by atoms with E-state index in [1.54, 1.807) is 7.05 Å². The van der Waals surface area contributed by atoms with Gasteiger partial charge in [0.15, 0.2) is 0 Å². The first-order valence-corrected chi connectivity index (χ1v) is 5.19. The van der Waals surface area contributed by atoms with E-state index in [0.717, 1.165) is 0 Å². The van der Waals surface area contributed by atoms with Gasteiger partial charge in [-0.05, 0) is 20.8 Å². The number of carbonyl (C=O) groups excluding carboxylic acids is 1. The van der Waals surface area contributed by atoms with Gasteiger partial charge in [0, 0.05) is 7.05 Å². The highest BCUT2D eigenvalue weighted by Crippen LogP contribution is 2.12. The molecular weight excluding hydrogens is 220 g/mol. The van der Waals surface area contributed by atoms with Gasteiger partial charge >= 0.3 is 0 Å². The van der Waals surface area contributed by atoms with Crippen molar-refractivity contribution in [1.82, 2.24) is 9.78 Å². The number of nitrogens with zero attached hydrogens (tertiary/aromatic N) is 3. The highest BCUT2D eigenvalue weighted by atomic mass is 16.5. The molecule has 0 aliphatic rings. The lowest BCUT2D eigenvalue weighted by atomic mass is 10.2. The van der Waals surface area contributed by atoms with Crippen LogP contribution in [-0.2, 0) is 16.6 Å². The van der Waals surface area contributed by atoms with E-state index in [-0.39, 0.29) is 18.1 Å². The van der Waals surface area contributed by atoms with Crippen LogP contribution < -0.4 is 5.32 Å². The topological polar surface area (TPSA) is 79.9 Å². The van der Waals surface area contributed by atoms with E-state index in [0.29, 0.717) is 11.4 Å². The van der Waals surface area contributed by atoms with E-state index >= 15 is 0 Å². The van der Waals surface area contributed by atoms with Gasteiger partial charge in [0.05, 0.1) is 11.8 Å². The first kappa shape index (κ1) is 13.2. The average molecular weight is 236 g/mol. The lowest BCUT2D eigenvalue weighted by molar-refractivity contribution is -0.125. The van der Waals surface area contributed by atoms with Crippen molar-refractivity contribution in [3.8, 4) is 6.07 Å². The zero-order valence-corrected chi connectivity index (χ0v) is 10.4. The summed E-state index contributed by atoms with van der Waals surface area (Å²) in [5, 5.41) is 15.3. The van der Waals surface area contributed by atoms with Crippen LogP contribution in [-0.4, -0.2) is 27.9 Å². The molecule has 0 atom stereocenters. The maximum Gasteiger partial charge on any atom is 0.251 e. The van der Waals surface area contributed by atoms with Crippen LogP contribution in [0.3, 0.4) is 0 Å². The SMILES string of the molecule is Cn1ncc(C#N)c1NC(=O)COC(C)(C)C. The molecule has 1 N–H and O–H groups in total. The Labute approximate surface area is 100 Å². The van der Waals surface area contributed by atoms with Crippen molar-refractivity contribution in [1.29, 1.82) is 5.26 Å². The third kappa shape index (κ3) is 3.89. The molecule has 0 aromatic carbocycles. The smallest absolute Gasteiger partial charge is 0.251 e. The summed E-state index contributed by atoms with van der Waals surface area (Å²) in [7, 11) is 1.65. The fourth-order valence-corrected chi connectivity index (χ4v) is 1.12. The molecule has 0 fully saturated rings. The van der Waals surface area contributed by atoms with Crippen LogP contribution in [0.15, 0.2) is 6.20 Å². The van der Waals surface area contributed by atoms with Crippen LogP contribution in [0.2, 0.25) is 0 Å². The minimum Gasteiger partial charge on any atom is -0.366 e. The number of nitriles is 1. The summed E-state index contributed by atoms with van der Waals surface area (Å²) in [4.78, 5) is 11.6. The number of hydrogen-bond donors (Lipinski definition) is 1. The molecule has 92 valence electrons. The van der Waals surface area contributed by atoms with Crippen molar-refractivity contribution in [2.24, 2.45) is 7.05 Å². The molecule has 0 radical (unpaired) electrons. The molecule has 6 nitrogen and oxygen atoms in total. The molecule has 1 aromatic rings. The molecule has 0 aliphatic carbocycles. The summed E-state index contributed by atoms with van der Waals surface area (Å²) >= 11 is 0. The molecule has 0 unspecified atom stereocenters. The minimum absolute atomic E-state index is 0.0560. The van der Waals surface area contributed by atoms with Crippen LogP contribution in [0.4, 0.5) is 5.82 Å². The van der Waals surface area contributed by atoms with Crippen molar-refractivity contribution in [3.05, 3.63) is 11.8 Å². The van der Waals surface area contributed by atoms with E-state index < -0.39 is 0 Å². The number of ether oxygens (including phenoxy) is 1. The molecule has 17 heavy (non-hydrogen) atoms. The Bertz CT molecular complexity index is 451. The molecule has 0 aliphatic heterocycles. The standard InChI is InChI=1S/C11H16N4O2/c1-11(2,3)17-7-9(16)14-10-8(5-12)6-13-15(10)4/h6H,7H2,1-4H3,(H,14,16). The summed E-state index contributed by atoms with van der Waals surface area (Å²) in [6, 6.07) is 1.96. The largest absolute Gasteiger partial charge is 0.366 e. The Hall–Kier alpha value is -1.87. The maximum absolute atomic E-state index is 11.6. The van der Waals surface area contributed by atoms with Crippen molar-refractivity contribution >= 4 is 11.7 Å². The number of aromatic nitrogens is 2. The molecule has 1 aromatic heterocycles. The predicted octanol–water partition coefficient (Wildman–Crippen LogP) is 1.05. The monoisotopic (exact) mass is 236 g/mol. The van der Waals surface area contributed by atoms with Crippen LogP contribution in [0, 0.1) is 11.3 Å². The van der Waals surface area contributed by atoms with Gasteiger partial charge in [0.1, 0.15) is 24.1 Å². The minimum atomic E-state index is -0.373. The highest BCUT2D eigenvalue weighted by Gasteiger charge is 2.15. The Kier molecular flexibility index (Phi) is 3.86. The van der Waals surface area contributed by atoms with E-state index in [9.17, 15) is 4.79 Å². The normalized spacial score (nSPS) is 11.0. The molecular formula is C11H16N4O2. The van der Waals surface area contributed by atoms with E-state index in [1.807, 2.05) is 26.8 Å². The second-order valence-corrected chi connectivity index (χ2v) is 4.59. The van der Waals surface area contributed by atoms with E-state index in [4.69, 9.17) is 10.00 Å². The quantitative estimate of drug-likeness (QED) is 0.850. The molecule has 1 amide bonds. The molecule has 1 heterocycles. The first-order valence-electron chi connectivity index (χ1n) is 5.19. The zero-order chi connectivity index (χ0) is 13.1. The van der Waals surface area contributed by atoms with Gasteiger partial charge in [-0.2, -0.15) is 10.4 Å². The maximum atomic E-state index is 11.6. The van der Waals surface area contributed by atoms with Gasteiger partial charge in [-0.25, -0.2) is 0 Å². The molecule has 6 heteroatoms. The van der Waals surface area contributed by atoms with Crippen molar-refractivity contribution in [2.75, 3.05) is 11.9 Å². The number of carbonyl (C=O) groups is 1. The van der Waals surface area contributed by atoms with Gasteiger partial charge in [0.25, 0.3) is 5.91 Å². The zero-order valence-electron chi connectivity index (χ0n) is 10.4. The lowest BCUT2D eigenvalue weighted by Gasteiger charge is -2.18. The van der Waals surface area contributed by atoms with Crippen LogP contribution in [0.5, 0.6) is 0 Å². The summed E-state index contributed by atoms with van der Waals surface area (Å²) in [5.74, 6) is 0.0787. The highest BCUT2D eigenvalue weighted by molar-refractivity contribution is 5.92. The Morgan fingerprint density at radius 3 is 2.82 bits per heavy atom. The van der Waals surface area contributed by atoms with E-state index in [2.05, 4.69) is 10.4 Å². The molecule has 1 rings (SSSR count). The summed E-state index contributed by atoms with van der Waals surface area (Å²) < 4.78 is 6.77. The molecule has 0 bridgehead atoms. The number of anilines is 1. The predicted molar refractivity (Wildman–Crippen MR) is 62.3 cm³/mol. The number of aryl methyl sites for hydroxylation is 1. The summed E-state index contributed by atoms with van der Waals surface area (Å²) in [5.41, 5.74) is -0.0430. The van der Waals surface area contributed by atoms with Crippen LogP contribution >= 0.6 is 0 Å². The first-order chi connectivity index (χ1) is 7.83. The van der Waals surface area contributed by atoms with Gasteiger partial charge in [-0.1, -0.05) is 0 Å². The second-order valence-electron chi connectivity index (χ2n) is 4.59. The number of amides is 1. The number of nitrogens with one attached hydrogen (secondary N) is 1. The Balaban J connectivity index is 2.63. The lowest BCUT2D eigenvalue weighted by Crippen LogP contribution is -2.27. The molecule has 0 saturated carbocycles. The van der Waals surface area contributed by atoms with Crippen molar-refractivity contribution in [3.63, 3.8) is 0 Å². The molecule has 0 spiro atoms. The van der Waals surface area contributed by atoms with Crippen LogP contribution in [0.25, 0.3) is 0 Å². The van der Waals surface area contributed by atoms with Crippen molar-refractivity contribution < 1.29 is 9.53 Å². The Morgan fingerprint density at radius 1 is 1.65 bits per heavy atom. The van der Waals surface area contributed by atoms with Gasteiger partial charge in [-0.15, -0.1) is 0 Å². The van der Waals surface area contributed by atoms with Gasteiger partial charge in [-0.3, -0.25) is 9.48 Å². The third-order valence-electron chi connectivity index (χ3n) is 1.95. The summed E-state index contributed by atoms with van der Waals surface area (Å²) in [6.07, 6.45) is 1.40. The number of rotatable bonds is 3.